The van der Waals surface area contributed by atoms with Crippen molar-refractivity contribution in [1.82, 2.24) is 4.57 Å². The molecule has 0 amide bonds. The molecule has 1 aromatic heterocycles. The Morgan fingerprint density at radius 1 is 0.706 bits per heavy atom. The van der Waals surface area contributed by atoms with Crippen molar-refractivity contribution in [3.05, 3.63) is 94.5 Å². The summed E-state index contributed by atoms with van der Waals surface area (Å²) in [6, 6.07) is 27.2. The molecule has 0 saturated heterocycles. The van der Waals surface area contributed by atoms with Crippen LogP contribution in [-0.2, 0) is 10.8 Å². The Balaban J connectivity index is 1.72. The lowest BCUT2D eigenvalue weighted by atomic mass is 9.26. The normalized spacial score (nSPS) is 17.2. The molecular weight excluding hydrogens is 411 g/mol. The van der Waals surface area contributed by atoms with E-state index in [9.17, 15) is 5.26 Å². The van der Waals surface area contributed by atoms with Crippen LogP contribution in [0.1, 0.15) is 55.5 Å². The van der Waals surface area contributed by atoms with E-state index in [4.69, 9.17) is 0 Å². The van der Waals surface area contributed by atoms with Crippen molar-refractivity contribution in [2.24, 2.45) is 0 Å². The Kier molecular flexibility index (Phi) is 3.00. The zero-order chi connectivity index (χ0) is 23.1. The van der Waals surface area contributed by atoms with Crippen LogP contribution >= 0.6 is 0 Å². The molecule has 0 aliphatic carbocycles. The van der Waals surface area contributed by atoms with Crippen LogP contribution in [0.25, 0.3) is 27.5 Å². The van der Waals surface area contributed by atoms with Gasteiger partial charge in [-0.2, -0.15) is 5.26 Å². The van der Waals surface area contributed by atoms with E-state index >= 15 is 0 Å². The molecule has 0 saturated carbocycles. The smallest absolute Gasteiger partial charge is 0.248 e. The van der Waals surface area contributed by atoms with Gasteiger partial charge in [0.05, 0.1) is 17.1 Å². The van der Waals surface area contributed by atoms with E-state index in [0.29, 0.717) is 0 Å². The Hall–Kier alpha value is -3.77. The van der Waals surface area contributed by atoms with Crippen molar-refractivity contribution in [2.75, 3.05) is 0 Å². The van der Waals surface area contributed by atoms with Crippen molar-refractivity contribution >= 4 is 44.9 Å². The molecule has 3 aliphatic rings. The summed E-state index contributed by atoms with van der Waals surface area (Å²) in [6.07, 6.45) is 0. The van der Waals surface area contributed by atoms with Crippen LogP contribution in [0.15, 0.2) is 66.7 Å². The van der Waals surface area contributed by atoms with Crippen LogP contribution in [0, 0.1) is 11.3 Å². The summed E-state index contributed by atoms with van der Waals surface area (Å²) in [5, 5.41) is 12.8. The quantitative estimate of drug-likeness (QED) is 0.317. The van der Waals surface area contributed by atoms with Gasteiger partial charge in [-0.15, -0.1) is 0 Å². The van der Waals surface area contributed by atoms with E-state index in [2.05, 4.69) is 105 Å². The first-order valence-electron chi connectivity index (χ1n) is 12.2. The monoisotopic (exact) mass is 434 g/mol. The molecule has 4 heterocycles. The SMILES string of the molecule is CC1(C)c2ccc(C#N)c3c2B2c4c(cccc4C3(C)C)-n3c4ccccc4c4ccc1c2c43. The second-order valence-corrected chi connectivity index (χ2v) is 11.3. The molecule has 34 heavy (non-hydrogen) atoms. The first kappa shape index (κ1) is 18.6. The molecule has 4 aromatic carbocycles. The molecule has 0 atom stereocenters. The lowest BCUT2D eigenvalue weighted by Crippen LogP contribution is -2.68. The van der Waals surface area contributed by atoms with Crippen molar-refractivity contribution in [3.8, 4) is 11.8 Å². The minimum atomic E-state index is -0.250. The number of nitrogens with zero attached hydrogens (tertiary/aromatic N) is 2. The maximum Gasteiger partial charge on any atom is 0.248 e. The Morgan fingerprint density at radius 2 is 1.44 bits per heavy atom. The highest BCUT2D eigenvalue weighted by Gasteiger charge is 2.52. The molecule has 0 radical (unpaired) electrons. The van der Waals surface area contributed by atoms with Crippen LogP contribution in [0.5, 0.6) is 0 Å². The predicted octanol–water partition coefficient (Wildman–Crippen LogP) is 4.76. The number of rotatable bonds is 0. The molecule has 0 fully saturated rings. The zero-order valence-electron chi connectivity index (χ0n) is 19.8. The minimum Gasteiger partial charge on any atom is -0.310 e. The van der Waals surface area contributed by atoms with Gasteiger partial charge in [0.15, 0.2) is 0 Å². The summed E-state index contributed by atoms with van der Waals surface area (Å²) in [4.78, 5) is 0. The van der Waals surface area contributed by atoms with Gasteiger partial charge in [-0.25, -0.2) is 0 Å². The fourth-order valence-electron chi connectivity index (χ4n) is 7.71. The molecule has 0 N–H and O–H groups in total. The molecule has 0 unspecified atom stereocenters. The minimum absolute atomic E-state index is 0.140. The second-order valence-electron chi connectivity index (χ2n) is 11.3. The van der Waals surface area contributed by atoms with Crippen molar-refractivity contribution in [3.63, 3.8) is 0 Å². The first-order valence-corrected chi connectivity index (χ1v) is 12.2. The molecule has 0 bridgehead atoms. The summed E-state index contributed by atoms with van der Waals surface area (Å²) < 4.78 is 2.52. The molecular formula is C31H23BN2. The molecule has 160 valence electrons. The van der Waals surface area contributed by atoms with Crippen LogP contribution < -0.4 is 16.4 Å². The average Bonchev–Trinajstić information content (AvgIpc) is 3.18. The average molecular weight is 434 g/mol. The number of aromatic nitrogens is 1. The number of para-hydroxylation sites is 1. The first-order chi connectivity index (χ1) is 16.4. The van der Waals surface area contributed by atoms with Gasteiger partial charge in [-0.05, 0) is 51.4 Å². The fourth-order valence-corrected chi connectivity index (χ4v) is 7.71. The van der Waals surface area contributed by atoms with Gasteiger partial charge in [0.25, 0.3) is 0 Å². The Labute approximate surface area is 199 Å². The second kappa shape index (κ2) is 5.48. The van der Waals surface area contributed by atoms with Crippen molar-refractivity contribution in [2.45, 2.75) is 38.5 Å². The van der Waals surface area contributed by atoms with Crippen LogP contribution in [0.2, 0.25) is 0 Å². The Bertz CT molecular complexity index is 1830. The zero-order valence-corrected chi connectivity index (χ0v) is 19.8. The number of hydrogen-bond acceptors (Lipinski definition) is 1. The van der Waals surface area contributed by atoms with Crippen LogP contribution in [0.4, 0.5) is 0 Å². The maximum atomic E-state index is 10.2. The highest BCUT2D eigenvalue weighted by Crippen LogP contribution is 2.46. The fraction of sp³-hybridized carbons (Fsp3) is 0.194. The van der Waals surface area contributed by atoms with E-state index in [-0.39, 0.29) is 17.5 Å². The summed E-state index contributed by atoms with van der Waals surface area (Å²) in [5.41, 5.74) is 14.0. The molecule has 8 rings (SSSR count). The van der Waals surface area contributed by atoms with E-state index < -0.39 is 0 Å². The van der Waals surface area contributed by atoms with E-state index in [1.54, 1.807) is 0 Å². The number of benzene rings is 4. The predicted molar refractivity (Wildman–Crippen MR) is 141 cm³/mol. The third-order valence-corrected chi connectivity index (χ3v) is 9.08. The van der Waals surface area contributed by atoms with E-state index in [1.165, 1.54) is 66.1 Å². The van der Waals surface area contributed by atoms with Gasteiger partial charge >= 0.3 is 0 Å². The molecule has 3 heteroatoms. The highest BCUT2D eigenvalue weighted by molar-refractivity contribution is 7.00. The molecule has 2 nitrogen and oxygen atoms in total. The van der Waals surface area contributed by atoms with Gasteiger partial charge in [0.2, 0.25) is 6.71 Å². The van der Waals surface area contributed by atoms with Crippen molar-refractivity contribution in [1.29, 1.82) is 5.26 Å². The summed E-state index contributed by atoms with van der Waals surface area (Å²) in [6.45, 7) is 9.50. The van der Waals surface area contributed by atoms with Gasteiger partial charge in [0, 0.05) is 32.8 Å². The van der Waals surface area contributed by atoms with Crippen LogP contribution in [0.3, 0.4) is 0 Å². The number of fused-ring (bicyclic) bond motifs is 4. The lowest BCUT2D eigenvalue weighted by molar-refractivity contribution is 0.620. The van der Waals surface area contributed by atoms with E-state index in [0.717, 1.165) is 5.56 Å². The van der Waals surface area contributed by atoms with Gasteiger partial charge in [-0.1, -0.05) is 81.7 Å². The standard InChI is InChI=1S/C31H23BN2/c1-30(2)21-14-12-17(16-33)25-27(21)32-26-20(31(25,3)4)9-7-11-24(26)34-23-10-6-5-8-18(23)19-13-15-22(30)28(32)29(19)34/h5-15H,1-4H3. The third kappa shape index (κ3) is 1.76. The third-order valence-electron chi connectivity index (χ3n) is 9.08. The Morgan fingerprint density at radius 3 is 2.26 bits per heavy atom. The summed E-state index contributed by atoms with van der Waals surface area (Å²) in [7, 11) is 0. The van der Waals surface area contributed by atoms with Gasteiger partial charge < -0.3 is 4.57 Å². The number of hydrogen-bond donors (Lipinski definition) is 0. The van der Waals surface area contributed by atoms with Crippen molar-refractivity contribution < 1.29 is 0 Å². The van der Waals surface area contributed by atoms with Gasteiger partial charge in [0.1, 0.15) is 0 Å². The van der Waals surface area contributed by atoms with Crippen LogP contribution in [-0.4, -0.2) is 11.3 Å². The maximum absolute atomic E-state index is 10.2. The molecule has 5 aromatic rings. The van der Waals surface area contributed by atoms with E-state index in [1.807, 2.05) is 0 Å². The molecule has 0 spiro atoms. The summed E-state index contributed by atoms with van der Waals surface area (Å²) >= 11 is 0. The highest BCUT2D eigenvalue weighted by atomic mass is 15.0. The lowest BCUT2D eigenvalue weighted by Gasteiger charge is -2.49. The molecule has 3 aliphatic heterocycles. The summed E-state index contributed by atoms with van der Waals surface area (Å²) in [5.74, 6) is 0. The number of nitriles is 1. The largest absolute Gasteiger partial charge is 0.310 e. The van der Waals surface area contributed by atoms with Gasteiger partial charge in [-0.3, -0.25) is 0 Å². The topological polar surface area (TPSA) is 28.7 Å².